The normalized spacial score (nSPS) is 12.3. The van der Waals surface area contributed by atoms with Crippen molar-refractivity contribution in [1.82, 2.24) is 9.55 Å². The van der Waals surface area contributed by atoms with E-state index in [9.17, 15) is 14.0 Å². The fraction of sp³-hybridized carbons (Fsp3) is 0.316. The van der Waals surface area contributed by atoms with Gasteiger partial charge in [-0.1, -0.05) is 23.9 Å². The highest BCUT2D eigenvalue weighted by Gasteiger charge is 2.21. The highest BCUT2D eigenvalue weighted by Crippen LogP contribution is 2.30. The molecule has 0 fully saturated rings. The predicted molar refractivity (Wildman–Crippen MR) is 109 cm³/mol. The van der Waals surface area contributed by atoms with E-state index in [2.05, 4.69) is 10.3 Å². The Hall–Kier alpha value is -2.19. The molecule has 0 saturated heterocycles. The standard InChI is InChI=1S/C19H20FN3O2S2/c1-5-23-18(25)15-10(2)11(3)26-17(15)22-19(23)27-12(4)16(24)21-14-9-7-6-8-13(14)20/h6-9,12H,5H2,1-4H3,(H,21,24)/t12-/m0/s1. The lowest BCUT2D eigenvalue weighted by molar-refractivity contribution is -0.115. The number of nitrogens with zero attached hydrogens (tertiary/aromatic N) is 2. The Morgan fingerprint density at radius 1 is 1.37 bits per heavy atom. The van der Waals surface area contributed by atoms with Crippen LogP contribution in [0.1, 0.15) is 24.3 Å². The van der Waals surface area contributed by atoms with Crippen LogP contribution < -0.4 is 10.9 Å². The fourth-order valence-corrected chi connectivity index (χ4v) is 4.73. The van der Waals surface area contributed by atoms with E-state index in [0.29, 0.717) is 21.9 Å². The highest BCUT2D eigenvalue weighted by molar-refractivity contribution is 8.00. The van der Waals surface area contributed by atoms with Crippen LogP contribution in [0.4, 0.5) is 10.1 Å². The van der Waals surface area contributed by atoms with Gasteiger partial charge in [0.25, 0.3) is 5.56 Å². The zero-order chi connectivity index (χ0) is 19.7. The zero-order valence-electron chi connectivity index (χ0n) is 15.5. The molecule has 5 nitrogen and oxygen atoms in total. The number of fused-ring (bicyclic) bond motifs is 1. The van der Waals surface area contributed by atoms with Crippen LogP contribution in [0.25, 0.3) is 10.2 Å². The topological polar surface area (TPSA) is 64.0 Å². The summed E-state index contributed by atoms with van der Waals surface area (Å²) in [5.41, 5.74) is 1.00. The fourth-order valence-electron chi connectivity index (χ4n) is 2.69. The van der Waals surface area contributed by atoms with E-state index in [-0.39, 0.29) is 17.2 Å². The van der Waals surface area contributed by atoms with Crippen molar-refractivity contribution in [2.24, 2.45) is 0 Å². The van der Waals surface area contributed by atoms with Crippen LogP contribution in [0, 0.1) is 19.7 Å². The minimum atomic E-state index is -0.547. The molecular weight excluding hydrogens is 385 g/mol. The number of aryl methyl sites for hydroxylation is 2. The molecule has 142 valence electrons. The van der Waals surface area contributed by atoms with E-state index in [1.54, 1.807) is 23.6 Å². The lowest BCUT2D eigenvalue weighted by Gasteiger charge is -2.15. The van der Waals surface area contributed by atoms with Crippen molar-refractivity contribution in [3.05, 3.63) is 50.9 Å². The number of amides is 1. The molecule has 0 aliphatic heterocycles. The van der Waals surface area contributed by atoms with Gasteiger partial charge in [-0.05, 0) is 45.4 Å². The summed E-state index contributed by atoms with van der Waals surface area (Å²) in [5, 5.41) is 3.18. The first kappa shape index (κ1) is 19.6. The van der Waals surface area contributed by atoms with Crippen LogP contribution >= 0.6 is 23.1 Å². The third-order valence-electron chi connectivity index (χ3n) is 4.35. The van der Waals surface area contributed by atoms with Gasteiger partial charge in [-0.3, -0.25) is 14.2 Å². The van der Waals surface area contributed by atoms with Crippen molar-refractivity contribution in [3.63, 3.8) is 0 Å². The van der Waals surface area contributed by atoms with E-state index in [1.165, 1.54) is 35.2 Å². The maximum absolute atomic E-state index is 13.7. The van der Waals surface area contributed by atoms with Crippen LogP contribution in [0.15, 0.2) is 34.2 Å². The Morgan fingerprint density at radius 2 is 2.07 bits per heavy atom. The van der Waals surface area contributed by atoms with Crippen LogP contribution in [-0.2, 0) is 11.3 Å². The summed E-state index contributed by atoms with van der Waals surface area (Å²) in [4.78, 5) is 31.7. The smallest absolute Gasteiger partial charge is 0.263 e. The minimum absolute atomic E-state index is 0.0893. The summed E-state index contributed by atoms with van der Waals surface area (Å²) in [5.74, 6) is -0.835. The Kier molecular flexibility index (Phi) is 5.67. The van der Waals surface area contributed by atoms with Gasteiger partial charge in [-0.15, -0.1) is 11.3 Å². The first-order valence-corrected chi connectivity index (χ1v) is 10.3. The third kappa shape index (κ3) is 3.77. The van der Waals surface area contributed by atoms with Crippen molar-refractivity contribution in [2.75, 3.05) is 5.32 Å². The van der Waals surface area contributed by atoms with Crippen LogP contribution in [0.2, 0.25) is 0 Å². The lowest BCUT2D eigenvalue weighted by atomic mass is 10.2. The second-order valence-corrected chi connectivity index (χ2v) is 8.65. The highest BCUT2D eigenvalue weighted by atomic mass is 32.2. The van der Waals surface area contributed by atoms with E-state index >= 15 is 0 Å². The number of thiophene rings is 1. The van der Waals surface area contributed by atoms with Gasteiger partial charge in [0.15, 0.2) is 5.16 Å². The van der Waals surface area contributed by atoms with Crippen molar-refractivity contribution in [3.8, 4) is 0 Å². The third-order valence-corrected chi connectivity index (χ3v) is 6.54. The molecule has 1 amide bonds. The molecule has 2 aromatic heterocycles. The number of anilines is 1. The van der Waals surface area contributed by atoms with E-state index < -0.39 is 11.1 Å². The molecule has 1 N–H and O–H groups in total. The number of nitrogens with one attached hydrogen (secondary N) is 1. The van der Waals surface area contributed by atoms with Crippen molar-refractivity contribution >= 4 is 44.9 Å². The summed E-state index contributed by atoms with van der Waals surface area (Å²) in [7, 11) is 0. The molecule has 1 atom stereocenters. The summed E-state index contributed by atoms with van der Waals surface area (Å²) in [6.45, 7) is 7.93. The van der Waals surface area contributed by atoms with Crippen molar-refractivity contribution in [2.45, 2.75) is 44.6 Å². The Labute approximate surface area is 164 Å². The lowest BCUT2D eigenvalue weighted by Crippen LogP contribution is -2.26. The molecule has 0 bridgehead atoms. The molecule has 0 spiro atoms. The molecule has 0 unspecified atom stereocenters. The number of benzene rings is 1. The van der Waals surface area contributed by atoms with Gasteiger partial charge in [0.2, 0.25) is 5.91 Å². The number of carbonyl (C=O) groups excluding carboxylic acids is 1. The summed E-state index contributed by atoms with van der Waals surface area (Å²) < 4.78 is 15.3. The second kappa shape index (κ2) is 7.82. The van der Waals surface area contributed by atoms with Gasteiger partial charge in [0.1, 0.15) is 10.6 Å². The summed E-state index contributed by atoms with van der Waals surface area (Å²) in [6, 6.07) is 6.02. The SMILES string of the molecule is CCn1c(S[C@@H](C)C(=O)Nc2ccccc2F)nc2sc(C)c(C)c2c1=O. The average Bonchev–Trinajstić information content (AvgIpc) is 2.91. The maximum atomic E-state index is 13.7. The number of thioether (sulfide) groups is 1. The molecule has 0 aliphatic rings. The van der Waals surface area contributed by atoms with Gasteiger partial charge in [-0.2, -0.15) is 0 Å². The van der Waals surface area contributed by atoms with Crippen LogP contribution in [0.3, 0.4) is 0 Å². The second-order valence-electron chi connectivity index (χ2n) is 6.14. The van der Waals surface area contributed by atoms with E-state index in [0.717, 1.165) is 10.4 Å². The van der Waals surface area contributed by atoms with Gasteiger partial charge >= 0.3 is 0 Å². The first-order chi connectivity index (χ1) is 12.8. The van der Waals surface area contributed by atoms with Gasteiger partial charge < -0.3 is 5.32 Å². The molecule has 1 aromatic carbocycles. The Morgan fingerprint density at radius 3 is 2.74 bits per heavy atom. The predicted octanol–water partition coefficient (Wildman–Crippen LogP) is 4.35. The summed E-state index contributed by atoms with van der Waals surface area (Å²) >= 11 is 2.67. The van der Waals surface area contributed by atoms with Gasteiger partial charge in [0.05, 0.1) is 16.3 Å². The van der Waals surface area contributed by atoms with Crippen LogP contribution in [-0.4, -0.2) is 20.7 Å². The molecule has 27 heavy (non-hydrogen) atoms. The number of hydrogen-bond donors (Lipinski definition) is 1. The van der Waals surface area contributed by atoms with Crippen LogP contribution in [0.5, 0.6) is 0 Å². The van der Waals surface area contributed by atoms with Crippen molar-refractivity contribution in [1.29, 1.82) is 0 Å². The molecule has 0 radical (unpaired) electrons. The van der Waals surface area contributed by atoms with E-state index in [1.807, 2.05) is 20.8 Å². The minimum Gasteiger partial charge on any atom is -0.323 e. The largest absolute Gasteiger partial charge is 0.323 e. The number of hydrogen-bond acceptors (Lipinski definition) is 5. The van der Waals surface area contributed by atoms with E-state index in [4.69, 9.17) is 0 Å². The first-order valence-electron chi connectivity index (χ1n) is 8.56. The average molecular weight is 406 g/mol. The Balaban J connectivity index is 1.90. The summed E-state index contributed by atoms with van der Waals surface area (Å²) in [6.07, 6.45) is 0. The van der Waals surface area contributed by atoms with Crippen molar-refractivity contribution < 1.29 is 9.18 Å². The maximum Gasteiger partial charge on any atom is 0.263 e. The molecule has 0 saturated carbocycles. The molecule has 8 heteroatoms. The van der Waals surface area contributed by atoms with Gasteiger partial charge in [0, 0.05) is 11.4 Å². The monoisotopic (exact) mass is 405 g/mol. The number of halogens is 1. The molecule has 3 aromatic rings. The quantitative estimate of drug-likeness (QED) is 0.506. The zero-order valence-corrected chi connectivity index (χ0v) is 17.1. The molecule has 3 rings (SSSR count). The molecule has 2 heterocycles. The molecule has 0 aliphatic carbocycles. The number of para-hydroxylation sites is 1. The van der Waals surface area contributed by atoms with Gasteiger partial charge in [-0.25, -0.2) is 9.37 Å². The molecular formula is C19H20FN3O2S2. The number of carbonyl (C=O) groups is 1. The number of rotatable bonds is 5. The Bertz CT molecular complexity index is 1070. The number of aromatic nitrogens is 2.